The molecule has 146 heavy (non-hydrogen) atoms. The van der Waals surface area contributed by atoms with Crippen molar-refractivity contribution >= 4 is 147 Å². The number of para-hydroxylation sites is 1. The number of hydrogen-bond donors (Lipinski definition) is 26. The third-order valence-electron chi connectivity index (χ3n) is 24.0. The number of carbonyl (C=O) groups is 18. The third-order valence-corrected chi connectivity index (χ3v) is 25.0. The van der Waals surface area contributed by atoms with Crippen LogP contribution in [0, 0.1) is 34.5 Å². The summed E-state index contributed by atoms with van der Waals surface area (Å²) in [7, 11) is 1.25. The van der Waals surface area contributed by atoms with E-state index < -0.39 is 252 Å². The normalized spacial score (nSPS) is 22.6. The molecule has 1 aliphatic rings. The number of aliphatic hydroxyl groups is 1. The number of aromatic amines is 1. The van der Waals surface area contributed by atoms with Crippen LogP contribution in [0.25, 0.3) is 22.0 Å². The Morgan fingerprint density at radius 3 is 1.38 bits per heavy atom. The summed E-state index contributed by atoms with van der Waals surface area (Å²) in [5, 5.41) is 93.2. The molecule has 1 aromatic heterocycles. The van der Waals surface area contributed by atoms with Crippen molar-refractivity contribution in [3.05, 3.63) is 156 Å². The quantitative estimate of drug-likeness (QED) is 0.0153. The molecule has 0 unspecified atom stereocenters. The number of phenols is 1. The number of rotatable bonds is 30. The lowest BCUT2D eigenvalue weighted by Crippen LogP contribution is -2.62. The number of nitrogens with zero attached hydrogens (tertiary/aromatic N) is 1. The molecule has 0 radical (unpaired) electrons. The topological polar surface area (TPSA) is 717 Å². The number of carboxylic acid groups (broad SMARTS) is 1. The number of guanidine groups is 2. The van der Waals surface area contributed by atoms with Crippen LogP contribution in [0.4, 0.5) is 5.69 Å². The largest absolute Gasteiger partial charge is 0.508 e. The number of carbonyl (C=O) groups excluding carboxylic acids is 17. The highest BCUT2D eigenvalue weighted by Crippen LogP contribution is 2.26. The van der Waals surface area contributed by atoms with E-state index in [4.69, 9.17) is 28.0 Å². The van der Waals surface area contributed by atoms with Crippen molar-refractivity contribution in [1.82, 2.24) is 95.0 Å². The van der Waals surface area contributed by atoms with Gasteiger partial charge in [-0.05, 0) is 147 Å². The number of nitrogens with one attached hydrogen (secondary N) is 20. The highest BCUT2D eigenvalue weighted by molar-refractivity contribution is 8.00. The monoisotopic (exact) mass is 2050 g/mol. The third kappa shape index (κ3) is 38.1. The number of anilines is 1. The van der Waals surface area contributed by atoms with E-state index in [1.807, 2.05) is 0 Å². The molecule has 0 spiro atoms. The predicted molar refractivity (Wildman–Crippen MR) is 546 cm³/mol. The fourth-order valence-corrected chi connectivity index (χ4v) is 16.7. The first-order valence-corrected chi connectivity index (χ1v) is 49.4. The van der Waals surface area contributed by atoms with E-state index in [0.29, 0.717) is 56.2 Å². The molecule has 0 saturated carbocycles. The van der Waals surface area contributed by atoms with Crippen LogP contribution in [-0.4, -0.2) is 272 Å². The summed E-state index contributed by atoms with van der Waals surface area (Å²) in [6, 6.07) is 9.44. The minimum absolute atomic E-state index is 0.00359. The van der Waals surface area contributed by atoms with Gasteiger partial charge in [0.2, 0.25) is 100 Å². The molecular weight excluding hydrogens is 1910 g/mol. The zero-order valence-corrected chi connectivity index (χ0v) is 84.9. The number of aliphatic hydroxyl groups excluding tert-OH is 1. The van der Waals surface area contributed by atoms with Crippen molar-refractivity contribution in [2.45, 2.75) is 250 Å². The van der Waals surface area contributed by atoms with Gasteiger partial charge in [-0.15, -0.1) is 11.8 Å². The Hall–Kier alpha value is -15.2. The number of benzene rings is 5. The Morgan fingerprint density at radius 2 is 0.870 bits per heavy atom. The lowest BCUT2D eigenvalue weighted by Gasteiger charge is -2.32. The molecule has 1 fully saturated rings. The Labute approximate surface area is 850 Å². The van der Waals surface area contributed by atoms with Gasteiger partial charge < -0.3 is 133 Å². The van der Waals surface area contributed by atoms with Crippen molar-refractivity contribution in [3.63, 3.8) is 0 Å². The standard InChI is InChI=1S/C100H140N24O21S/c1-51(2)41-71-87(134)112-69(25-19-39-106-99(102)103)86(133)115-72(42-52(3)4)92(139)122-82(54(7)8)96(143)123-83(57(11)125)97(144)120-78(94(141)109-55(9)84(101)131)49-146-50-79(128)111-73(43-59-21-15-14-16-22-59)88(135)116-74(45-61-29-37-66(127)38-30-61)90(137)118-77(47-80(129)130)91(138)117-76(46-64-48-108-68-24-18-17-23-67(64)68)93(140)121-81(53(5)6)95(142)119-75(44-60-27-31-62(32-28-60)63-33-35-65(36-34-63)110-58(12)126)89(136)113-70(26-20-40-107-100(104)105)98(145)124(13)56(10)85(132)114-71/h14-18,21-24,27-38,48,51-57,69-78,81-83,108,125,127H,19-20,25-26,39-47,49-50H2,1-13H3,(H2,101,131)(H,109,141)(H,110,126)(H,111,128)(H,112,134)(H,113,136)(H,114,132)(H,115,133)(H,116,135)(H,117,138)(H,118,137)(H,119,142)(H,120,144)(H,121,140)(H,122,139)(H,123,143)(H,129,130)(H4,102,103,106)(H4,104,105,107)/t55-,56-,57+,69-,70-,71+,72-,73-,74-,75-,76-,77-,78-,81-,82-,83-/m0/s1. The Bertz CT molecular complexity index is 5570. The zero-order chi connectivity index (χ0) is 108. The number of aromatic hydroxyl groups is 1. The number of nitrogens with two attached hydrogens (primary N) is 3. The maximum absolute atomic E-state index is 15.6. The second kappa shape index (κ2) is 57.3. The summed E-state index contributed by atoms with van der Waals surface area (Å²) >= 11 is 0.703. The predicted octanol–water partition coefficient (Wildman–Crippen LogP) is -0.558. The molecule has 17 amide bonds. The molecule has 0 aliphatic carbocycles. The highest BCUT2D eigenvalue weighted by Gasteiger charge is 2.42. The van der Waals surface area contributed by atoms with Gasteiger partial charge in [-0.1, -0.05) is 152 Å². The number of fused-ring (bicyclic) bond motifs is 1. The van der Waals surface area contributed by atoms with Crippen LogP contribution in [0.5, 0.6) is 5.75 Å². The molecule has 46 heteroatoms. The van der Waals surface area contributed by atoms with Crippen LogP contribution in [0.15, 0.2) is 134 Å². The number of hydrogen-bond acceptors (Lipinski definition) is 23. The maximum Gasteiger partial charge on any atom is 0.305 e. The molecule has 7 rings (SSSR count). The van der Waals surface area contributed by atoms with Gasteiger partial charge in [0, 0.05) is 81.3 Å². The summed E-state index contributed by atoms with van der Waals surface area (Å²) < 4.78 is 0. The van der Waals surface area contributed by atoms with Crippen molar-refractivity contribution in [2.24, 2.45) is 40.9 Å². The molecule has 5 aromatic carbocycles. The molecule has 29 N–H and O–H groups in total. The number of carboxylic acids is 1. The van der Waals surface area contributed by atoms with Crippen LogP contribution in [0.1, 0.15) is 150 Å². The average molecular weight is 2050 g/mol. The Morgan fingerprint density at radius 1 is 0.466 bits per heavy atom. The van der Waals surface area contributed by atoms with Gasteiger partial charge in [-0.25, -0.2) is 0 Å². The van der Waals surface area contributed by atoms with Crippen LogP contribution < -0.4 is 108 Å². The second-order valence-corrected chi connectivity index (χ2v) is 38.8. The second-order valence-electron chi connectivity index (χ2n) is 37.7. The summed E-state index contributed by atoms with van der Waals surface area (Å²) in [6.45, 7) is 18.1. The molecule has 45 nitrogen and oxygen atoms in total. The van der Waals surface area contributed by atoms with E-state index in [-0.39, 0.29) is 93.5 Å². The fraction of sp³-hybridized carbons (Fsp3) is 0.480. The maximum atomic E-state index is 15.6. The van der Waals surface area contributed by atoms with E-state index in [0.717, 1.165) is 11.8 Å². The van der Waals surface area contributed by atoms with Crippen molar-refractivity contribution in [3.8, 4) is 16.9 Å². The van der Waals surface area contributed by atoms with Gasteiger partial charge in [-0.3, -0.25) is 97.1 Å². The summed E-state index contributed by atoms with van der Waals surface area (Å²) in [5.41, 5.74) is 20.9. The van der Waals surface area contributed by atoms with Crippen LogP contribution in [-0.2, 0) is 112 Å². The SMILES string of the molecule is CC(=O)Nc1ccc(-c2ccc(C[C@@H]3NC(=O)[C@H](C(C)C)NC(=O)[C@H](Cc4c[nH]c5ccccc45)NC(=O)[C@H](CC(=O)O)NC(=O)[C@H](Cc4ccc(O)cc4)NC(=O)[C@H](Cc4ccccc4)NC(=O)CSC[C@@H](C(=O)N[C@@H](C)C(N)=O)NC(=O)[C@H]([C@@H](C)O)NC(=O)[C@H](C(C)C)NC(=O)[C@H](CC(C)C)NC(=O)[C@H](CCCNC(=N)N)NC(=O)[C@@H](CC(C)C)NC(=O)[C@H](C)N(C)C(=O)[C@H](CCCNC(=N)N)NC3=O)cc2)cc1. The lowest BCUT2D eigenvalue weighted by molar-refractivity contribution is -0.143. The van der Waals surface area contributed by atoms with E-state index in [2.05, 4.69) is 95.4 Å². The molecular formula is C100H140N24O21S. The van der Waals surface area contributed by atoms with Gasteiger partial charge in [0.15, 0.2) is 11.9 Å². The van der Waals surface area contributed by atoms with Crippen LogP contribution >= 0.6 is 11.8 Å². The average Bonchev–Trinajstić information content (AvgIpc) is 1.71. The lowest BCUT2D eigenvalue weighted by atomic mass is 9.97. The van der Waals surface area contributed by atoms with Crippen LogP contribution in [0.2, 0.25) is 0 Å². The van der Waals surface area contributed by atoms with Crippen molar-refractivity contribution < 1.29 is 102 Å². The van der Waals surface area contributed by atoms with Gasteiger partial charge in [-0.2, -0.15) is 0 Å². The number of aliphatic carboxylic acids is 1. The smallest absolute Gasteiger partial charge is 0.305 e. The molecule has 6 aromatic rings. The minimum atomic E-state index is -2.10. The number of likely N-dealkylation sites (N-methyl/N-ethyl adjacent to an activating group) is 1. The van der Waals surface area contributed by atoms with Gasteiger partial charge >= 0.3 is 5.97 Å². The van der Waals surface area contributed by atoms with E-state index in [1.165, 1.54) is 65.9 Å². The van der Waals surface area contributed by atoms with Gasteiger partial charge in [0.1, 0.15) is 96.4 Å². The molecule has 792 valence electrons. The molecule has 16 atom stereocenters. The first-order chi connectivity index (χ1) is 68.9. The number of aromatic nitrogens is 1. The number of amides is 17. The Balaban J connectivity index is 1.37. The van der Waals surface area contributed by atoms with Gasteiger partial charge in [0.05, 0.1) is 18.3 Å². The first-order valence-electron chi connectivity index (χ1n) is 48.2. The first kappa shape index (κ1) is 118. The number of primary amides is 1. The van der Waals surface area contributed by atoms with E-state index in [1.54, 1.807) is 151 Å². The number of H-pyrrole nitrogens is 1. The number of thioether (sulfide) groups is 1. The summed E-state index contributed by atoms with van der Waals surface area (Å²) in [4.78, 5) is 267. The summed E-state index contributed by atoms with van der Waals surface area (Å²) in [6.07, 6.45) is -3.39. The van der Waals surface area contributed by atoms with E-state index in [9.17, 15) is 68.1 Å². The van der Waals surface area contributed by atoms with Crippen LogP contribution in [0.3, 0.4) is 0 Å². The molecule has 1 aliphatic heterocycles. The van der Waals surface area contributed by atoms with Crippen molar-refractivity contribution in [2.75, 3.05) is 37.0 Å². The van der Waals surface area contributed by atoms with E-state index >= 15 is 33.6 Å². The minimum Gasteiger partial charge on any atom is -0.508 e. The zero-order valence-electron chi connectivity index (χ0n) is 84.1. The molecule has 1 saturated heterocycles. The van der Waals surface area contributed by atoms with Crippen molar-refractivity contribution in [1.29, 1.82) is 10.8 Å². The number of phenolic OH excluding ortho intramolecular Hbond substituents is 1. The summed E-state index contributed by atoms with van der Waals surface area (Å²) in [5.74, 6) is -23.0. The Kier molecular flexibility index (Phi) is 46.2. The molecule has 2 heterocycles. The molecule has 0 bridgehead atoms. The highest BCUT2D eigenvalue weighted by atomic mass is 32.2. The fourth-order valence-electron chi connectivity index (χ4n) is 15.8. The van der Waals surface area contributed by atoms with Gasteiger partial charge in [0.25, 0.3) is 0 Å².